The molecule has 2 heterocycles. The number of carbonyl (C=O) groups is 1. The summed E-state index contributed by atoms with van der Waals surface area (Å²) < 4.78 is 0.699. The SMILES string of the molecule is O=C(O)Cc1[nH]nc(-c2cc[nH]c2)c1Br. The molecule has 0 aliphatic rings. The highest BCUT2D eigenvalue weighted by molar-refractivity contribution is 9.10. The van der Waals surface area contributed by atoms with Gasteiger partial charge in [0, 0.05) is 18.0 Å². The van der Waals surface area contributed by atoms with Gasteiger partial charge in [0.05, 0.1) is 16.6 Å². The van der Waals surface area contributed by atoms with E-state index in [0.717, 1.165) is 5.56 Å². The highest BCUT2D eigenvalue weighted by Gasteiger charge is 2.14. The molecule has 0 radical (unpaired) electrons. The summed E-state index contributed by atoms with van der Waals surface area (Å²) in [4.78, 5) is 13.5. The molecule has 0 aromatic carbocycles. The Balaban J connectivity index is 2.36. The summed E-state index contributed by atoms with van der Waals surface area (Å²) in [5.74, 6) is -0.889. The molecule has 2 rings (SSSR count). The number of hydrogen-bond acceptors (Lipinski definition) is 2. The van der Waals surface area contributed by atoms with E-state index in [2.05, 4.69) is 31.1 Å². The van der Waals surface area contributed by atoms with E-state index >= 15 is 0 Å². The van der Waals surface area contributed by atoms with E-state index in [4.69, 9.17) is 5.11 Å². The maximum Gasteiger partial charge on any atom is 0.309 e. The molecule has 2 aromatic rings. The van der Waals surface area contributed by atoms with Crippen molar-refractivity contribution >= 4 is 21.9 Å². The van der Waals surface area contributed by atoms with E-state index in [-0.39, 0.29) is 6.42 Å². The van der Waals surface area contributed by atoms with Crippen LogP contribution in [-0.4, -0.2) is 26.3 Å². The van der Waals surface area contributed by atoms with Crippen LogP contribution >= 0.6 is 15.9 Å². The number of halogens is 1. The fourth-order valence-corrected chi connectivity index (χ4v) is 1.84. The fourth-order valence-electron chi connectivity index (χ4n) is 1.30. The second-order valence-electron chi connectivity index (χ2n) is 3.03. The first kappa shape index (κ1) is 9.97. The molecule has 15 heavy (non-hydrogen) atoms. The first-order valence-corrected chi connectivity index (χ1v) is 5.05. The molecule has 6 heteroatoms. The van der Waals surface area contributed by atoms with Crippen molar-refractivity contribution in [1.82, 2.24) is 15.2 Å². The Bertz CT molecular complexity index is 476. The zero-order valence-electron chi connectivity index (χ0n) is 7.62. The minimum absolute atomic E-state index is 0.0714. The van der Waals surface area contributed by atoms with Crippen molar-refractivity contribution < 1.29 is 9.90 Å². The number of H-pyrrole nitrogens is 2. The van der Waals surface area contributed by atoms with Gasteiger partial charge in [0.25, 0.3) is 0 Å². The zero-order valence-corrected chi connectivity index (χ0v) is 9.21. The molecule has 0 unspecified atom stereocenters. The van der Waals surface area contributed by atoms with E-state index in [1.54, 1.807) is 12.4 Å². The molecule has 2 aromatic heterocycles. The van der Waals surface area contributed by atoms with Crippen LogP contribution in [0.5, 0.6) is 0 Å². The minimum atomic E-state index is -0.889. The van der Waals surface area contributed by atoms with Gasteiger partial charge in [-0.3, -0.25) is 9.89 Å². The van der Waals surface area contributed by atoms with Crippen LogP contribution in [0.25, 0.3) is 11.3 Å². The highest BCUT2D eigenvalue weighted by Crippen LogP contribution is 2.28. The molecule has 3 N–H and O–H groups in total. The van der Waals surface area contributed by atoms with Crippen LogP contribution < -0.4 is 0 Å². The molecule has 0 atom stereocenters. The van der Waals surface area contributed by atoms with Crippen molar-refractivity contribution in [3.8, 4) is 11.3 Å². The van der Waals surface area contributed by atoms with Crippen LogP contribution in [0.15, 0.2) is 22.9 Å². The molecular weight excluding hydrogens is 262 g/mol. The number of nitrogens with one attached hydrogen (secondary N) is 2. The topological polar surface area (TPSA) is 81.8 Å². The van der Waals surface area contributed by atoms with Crippen LogP contribution in [0.4, 0.5) is 0 Å². The highest BCUT2D eigenvalue weighted by atomic mass is 79.9. The lowest BCUT2D eigenvalue weighted by atomic mass is 10.2. The maximum absolute atomic E-state index is 10.5. The van der Waals surface area contributed by atoms with E-state index in [0.29, 0.717) is 15.9 Å². The van der Waals surface area contributed by atoms with Gasteiger partial charge in [0.1, 0.15) is 5.69 Å². The van der Waals surface area contributed by atoms with Gasteiger partial charge >= 0.3 is 5.97 Å². The molecule has 0 saturated heterocycles. The summed E-state index contributed by atoms with van der Waals surface area (Å²) in [6.07, 6.45) is 3.51. The van der Waals surface area contributed by atoms with Crippen LogP contribution in [0.2, 0.25) is 0 Å². The third kappa shape index (κ3) is 1.94. The van der Waals surface area contributed by atoms with Crippen LogP contribution in [0.3, 0.4) is 0 Å². The number of aromatic amines is 2. The van der Waals surface area contributed by atoms with Crippen molar-refractivity contribution in [2.75, 3.05) is 0 Å². The first-order chi connectivity index (χ1) is 7.18. The molecule has 0 aliphatic heterocycles. The molecule has 5 nitrogen and oxygen atoms in total. The molecule has 0 amide bonds. The summed E-state index contributed by atoms with van der Waals surface area (Å²) in [6, 6.07) is 1.87. The van der Waals surface area contributed by atoms with Gasteiger partial charge in [-0.05, 0) is 22.0 Å². The number of hydrogen-bond donors (Lipinski definition) is 3. The Kier molecular flexibility index (Phi) is 2.59. The van der Waals surface area contributed by atoms with Crippen LogP contribution in [0, 0.1) is 0 Å². The number of carboxylic acid groups (broad SMARTS) is 1. The Morgan fingerprint density at radius 2 is 2.40 bits per heavy atom. The fraction of sp³-hybridized carbons (Fsp3) is 0.111. The predicted octanol–water partition coefficient (Wildman–Crippen LogP) is 1.79. The van der Waals surface area contributed by atoms with Gasteiger partial charge in [-0.1, -0.05) is 0 Å². The van der Waals surface area contributed by atoms with Crippen molar-refractivity contribution in [1.29, 1.82) is 0 Å². The molecule has 0 spiro atoms. The number of nitrogens with zero attached hydrogens (tertiary/aromatic N) is 1. The summed E-state index contributed by atoms with van der Waals surface area (Å²) in [5.41, 5.74) is 2.20. The lowest BCUT2D eigenvalue weighted by molar-refractivity contribution is -0.136. The van der Waals surface area contributed by atoms with E-state index in [9.17, 15) is 4.79 Å². The minimum Gasteiger partial charge on any atom is -0.481 e. The molecule has 0 saturated carbocycles. The average Bonchev–Trinajstić information content (AvgIpc) is 2.76. The molecule has 0 aliphatic carbocycles. The second-order valence-corrected chi connectivity index (χ2v) is 3.83. The van der Waals surface area contributed by atoms with Crippen molar-refractivity contribution in [3.05, 3.63) is 28.6 Å². The van der Waals surface area contributed by atoms with Gasteiger partial charge in [-0.15, -0.1) is 0 Å². The normalized spacial score (nSPS) is 10.5. The smallest absolute Gasteiger partial charge is 0.309 e. The second kappa shape index (κ2) is 3.90. The Morgan fingerprint density at radius 1 is 1.60 bits per heavy atom. The van der Waals surface area contributed by atoms with E-state index in [1.165, 1.54) is 0 Å². The monoisotopic (exact) mass is 269 g/mol. The molecular formula is C9H8BrN3O2. The zero-order chi connectivity index (χ0) is 10.8. The maximum atomic E-state index is 10.5. The van der Waals surface area contributed by atoms with E-state index in [1.807, 2.05) is 6.07 Å². The molecule has 0 fully saturated rings. The van der Waals surface area contributed by atoms with Crippen LogP contribution in [0.1, 0.15) is 5.69 Å². The average molecular weight is 270 g/mol. The number of carboxylic acids is 1. The quantitative estimate of drug-likeness (QED) is 0.795. The Labute approximate surface area is 93.6 Å². The van der Waals surface area contributed by atoms with Crippen molar-refractivity contribution in [2.45, 2.75) is 6.42 Å². The molecule has 0 bridgehead atoms. The Morgan fingerprint density at radius 3 is 3.00 bits per heavy atom. The number of aromatic nitrogens is 3. The first-order valence-electron chi connectivity index (χ1n) is 4.26. The predicted molar refractivity (Wildman–Crippen MR) is 57.4 cm³/mol. The van der Waals surface area contributed by atoms with Crippen molar-refractivity contribution in [3.63, 3.8) is 0 Å². The standard InChI is InChI=1S/C9H8BrN3O2/c10-8-6(3-7(14)15)12-13-9(8)5-1-2-11-4-5/h1-2,4,11H,3H2,(H,12,13)(H,14,15). The summed E-state index contributed by atoms with van der Waals surface area (Å²) in [6.45, 7) is 0. The van der Waals surface area contributed by atoms with Gasteiger partial charge in [0.15, 0.2) is 0 Å². The summed E-state index contributed by atoms with van der Waals surface area (Å²) in [7, 11) is 0. The lowest BCUT2D eigenvalue weighted by Crippen LogP contribution is -2.00. The van der Waals surface area contributed by atoms with Crippen molar-refractivity contribution in [2.24, 2.45) is 0 Å². The third-order valence-corrected chi connectivity index (χ3v) is 2.83. The van der Waals surface area contributed by atoms with Crippen LogP contribution in [-0.2, 0) is 11.2 Å². The van der Waals surface area contributed by atoms with Gasteiger partial charge < -0.3 is 10.1 Å². The molecule has 78 valence electrons. The van der Waals surface area contributed by atoms with Gasteiger partial charge in [0.2, 0.25) is 0 Å². The van der Waals surface area contributed by atoms with Gasteiger partial charge in [-0.25, -0.2) is 0 Å². The summed E-state index contributed by atoms with van der Waals surface area (Å²) >= 11 is 3.33. The largest absolute Gasteiger partial charge is 0.481 e. The number of rotatable bonds is 3. The van der Waals surface area contributed by atoms with Gasteiger partial charge in [-0.2, -0.15) is 5.10 Å². The summed E-state index contributed by atoms with van der Waals surface area (Å²) in [5, 5.41) is 15.4. The Hall–Kier alpha value is -1.56. The van der Waals surface area contributed by atoms with E-state index < -0.39 is 5.97 Å². The number of aliphatic carboxylic acids is 1. The lowest BCUT2D eigenvalue weighted by Gasteiger charge is -1.93. The third-order valence-electron chi connectivity index (χ3n) is 1.97.